The van der Waals surface area contributed by atoms with Crippen molar-refractivity contribution in [1.82, 2.24) is 15.3 Å². The molecule has 5 nitrogen and oxygen atoms in total. The van der Waals surface area contributed by atoms with Crippen LogP contribution in [-0.4, -0.2) is 27.7 Å². The van der Waals surface area contributed by atoms with Crippen molar-refractivity contribution in [3.63, 3.8) is 0 Å². The number of hydrogen-bond donors (Lipinski definition) is 2. The smallest absolute Gasteiger partial charge is 0.230 e. The van der Waals surface area contributed by atoms with E-state index < -0.39 is 0 Å². The first-order valence-corrected chi connectivity index (χ1v) is 9.76. The van der Waals surface area contributed by atoms with Gasteiger partial charge in [0.2, 0.25) is 5.91 Å². The van der Waals surface area contributed by atoms with E-state index in [4.69, 9.17) is 11.6 Å². The molecule has 1 aromatic heterocycles. The minimum absolute atomic E-state index is 0.0230. The van der Waals surface area contributed by atoms with E-state index in [0.717, 1.165) is 29.4 Å². The molecular formula is C19H17ClN4OS. The van der Waals surface area contributed by atoms with Crippen LogP contribution in [0.2, 0.25) is 5.02 Å². The number of fused-ring (bicyclic) bond motifs is 1. The molecule has 1 aliphatic rings. The van der Waals surface area contributed by atoms with Gasteiger partial charge in [0.15, 0.2) is 5.16 Å². The molecule has 0 bridgehead atoms. The van der Waals surface area contributed by atoms with E-state index in [1.807, 2.05) is 48.5 Å². The third kappa shape index (κ3) is 4.08. The lowest BCUT2D eigenvalue weighted by Crippen LogP contribution is -2.27. The number of benzene rings is 2. The lowest BCUT2D eigenvalue weighted by molar-refractivity contribution is -0.118. The van der Waals surface area contributed by atoms with Gasteiger partial charge in [0.05, 0.1) is 22.0 Å². The first-order chi connectivity index (χ1) is 12.7. The normalized spacial score (nSPS) is 13.6. The maximum absolute atomic E-state index is 11.9. The minimum atomic E-state index is 0.0230. The van der Waals surface area contributed by atoms with Crippen molar-refractivity contribution in [3.05, 3.63) is 53.6 Å². The molecule has 1 aliphatic carbocycles. The summed E-state index contributed by atoms with van der Waals surface area (Å²) in [6.45, 7) is 0. The Morgan fingerprint density at radius 3 is 2.69 bits per heavy atom. The van der Waals surface area contributed by atoms with E-state index in [-0.39, 0.29) is 5.91 Å². The average molecular weight is 385 g/mol. The molecule has 3 aromatic rings. The van der Waals surface area contributed by atoms with Crippen molar-refractivity contribution in [2.75, 3.05) is 11.1 Å². The highest BCUT2D eigenvalue weighted by Gasteiger charge is 2.23. The highest BCUT2D eigenvalue weighted by atomic mass is 35.5. The fourth-order valence-electron chi connectivity index (χ4n) is 2.53. The van der Waals surface area contributed by atoms with E-state index in [0.29, 0.717) is 27.8 Å². The van der Waals surface area contributed by atoms with Gasteiger partial charge in [-0.3, -0.25) is 4.79 Å². The number of hydrogen-bond acceptors (Lipinski definition) is 5. The Bertz CT molecular complexity index is 961. The molecule has 1 amide bonds. The molecule has 0 atom stereocenters. The highest BCUT2D eigenvalue weighted by Crippen LogP contribution is 2.30. The van der Waals surface area contributed by atoms with Crippen LogP contribution in [-0.2, 0) is 4.79 Å². The van der Waals surface area contributed by atoms with E-state index in [9.17, 15) is 4.79 Å². The number of anilines is 2. The van der Waals surface area contributed by atoms with Crippen LogP contribution < -0.4 is 10.6 Å². The zero-order chi connectivity index (χ0) is 17.9. The van der Waals surface area contributed by atoms with Gasteiger partial charge in [-0.1, -0.05) is 47.6 Å². The van der Waals surface area contributed by atoms with Gasteiger partial charge in [0.1, 0.15) is 5.82 Å². The molecular weight excluding hydrogens is 368 g/mol. The zero-order valence-corrected chi connectivity index (χ0v) is 15.5. The maximum atomic E-state index is 11.9. The third-order valence-electron chi connectivity index (χ3n) is 3.98. The molecule has 1 fully saturated rings. The molecule has 0 aliphatic heterocycles. The Kier molecular flexibility index (Phi) is 4.95. The molecule has 4 rings (SSSR count). The Balaban J connectivity index is 1.60. The van der Waals surface area contributed by atoms with Crippen molar-refractivity contribution in [2.45, 2.75) is 24.0 Å². The second-order valence-corrected chi connectivity index (χ2v) is 7.46. The lowest BCUT2D eigenvalue weighted by Gasteiger charge is -2.11. The summed E-state index contributed by atoms with van der Waals surface area (Å²) in [5.41, 5.74) is 1.60. The first-order valence-electron chi connectivity index (χ1n) is 8.39. The summed E-state index contributed by atoms with van der Waals surface area (Å²) in [5.74, 6) is 1.00. The van der Waals surface area contributed by atoms with Crippen LogP contribution in [0.1, 0.15) is 12.8 Å². The third-order valence-corrected chi connectivity index (χ3v) is 5.16. The monoisotopic (exact) mass is 384 g/mol. The maximum Gasteiger partial charge on any atom is 0.230 e. The number of nitrogens with one attached hydrogen (secondary N) is 2. The van der Waals surface area contributed by atoms with Gasteiger partial charge in [-0.05, 0) is 37.1 Å². The van der Waals surface area contributed by atoms with E-state index in [1.165, 1.54) is 11.8 Å². The minimum Gasteiger partial charge on any atom is -0.353 e. The molecule has 1 heterocycles. The summed E-state index contributed by atoms with van der Waals surface area (Å²) in [4.78, 5) is 21.1. The van der Waals surface area contributed by atoms with Crippen LogP contribution in [0, 0.1) is 0 Å². The first kappa shape index (κ1) is 17.1. The number of aromatic nitrogens is 2. The van der Waals surface area contributed by atoms with Gasteiger partial charge < -0.3 is 10.6 Å². The van der Waals surface area contributed by atoms with E-state index in [2.05, 4.69) is 20.6 Å². The zero-order valence-electron chi connectivity index (χ0n) is 13.9. The van der Waals surface area contributed by atoms with Crippen molar-refractivity contribution in [1.29, 1.82) is 0 Å². The Morgan fingerprint density at radius 2 is 1.88 bits per heavy atom. The molecule has 0 spiro atoms. The summed E-state index contributed by atoms with van der Waals surface area (Å²) in [7, 11) is 0. The number of rotatable bonds is 6. The molecule has 2 N–H and O–H groups in total. The molecule has 7 heteroatoms. The average Bonchev–Trinajstić information content (AvgIpc) is 3.46. The molecule has 132 valence electrons. The molecule has 0 unspecified atom stereocenters. The number of para-hydroxylation sites is 2. The summed E-state index contributed by atoms with van der Waals surface area (Å²) in [5, 5.41) is 8.34. The second kappa shape index (κ2) is 7.51. The summed E-state index contributed by atoms with van der Waals surface area (Å²) >= 11 is 7.59. The summed E-state index contributed by atoms with van der Waals surface area (Å²) in [6.07, 6.45) is 2.16. The fourth-order valence-corrected chi connectivity index (χ4v) is 3.38. The Hall–Kier alpha value is -2.31. The molecule has 0 saturated heterocycles. The van der Waals surface area contributed by atoms with Crippen LogP contribution in [0.4, 0.5) is 11.5 Å². The summed E-state index contributed by atoms with van der Waals surface area (Å²) in [6, 6.07) is 15.6. The van der Waals surface area contributed by atoms with Gasteiger partial charge in [-0.2, -0.15) is 0 Å². The van der Waals surface area contributed by atoms with E-state index >= 15 is 0 Å². The van der Waals surface area contributed by atoms with Crippen LogP contribution in [0.3, 0.4) is 0 Å². The number of halogens is 1. The number of nitrogens with zero attached hydrogens (tertiary/aromatic N) is 2. The predicted octanol–water partition coefficient (Wildman–Crippen LogP) is 4.40. The fraction of sp³-hybridized carbons (Fsp3) is 0.211. The predicted molar refractivity (Wildman–Crippen MR) is 106 cm³/mol. The van der Waals surface area contributed by atoms with Crippen LogP contribution >= 0.6 is 23.4 Å². The Labute approximate surface area is 160 Å². The highest BCUT2D eigenvalue weighted by molar-refractivity contribution is 7.99. The van der Waals surface area contributed by atoms with Crippen molar-refractivity contribution in [3.8, 4) is 0 Å². The van der Waals surface area contributed by atoms with Gasteiger partial charge >= 0.3 is 0 Å². The van der Waals surface area contributed by atoms with Crippen LogP contribution in [0.15, 0.2) is 53.7 Å². The van der Waals surface area contributed by atoms with Crippen molar-refractivity contribution < 1.29 is 4.79 Å². The van der Waals surface area contributed by atoms with Crippen molar-refractivity contribution >= 4 is 51.7 Å². The van der Waals surface area contributed by atoms with Crippen LogP contribution in [0.25, 0.3) is 10.9 Å². The van der Waals surface area contributed by atoms with Crippen LogP contribution in [0.5, 0.6) is 0 Å². The summed E-state index contributed by atoms with van der Waals surface area (Å²) < 4.78 is 0. The topological polar surface area (TPSA) is 66.9 Å². The second-order valence-electron chi connectivity index (χ2n) is 6.11. The molecule has 26 heavy (non-hydrogen) atoms. The SMILES string of the molecule is O=C(CSc1nc(Nc2ccccc2Cl)c2ccccc2n1)NC1CC1. The van der Waals surface area contributed by atoms with Crippen molar-refractivity contribution in [2.24, 2.45) is 0 Å². The van der Waals surface area contributed by atoms with Gasteiger partial charge in [-0.15, -0.1) is 0 Å². The quantitative estimate of drug-likeness (QED) is 0.487. The number of carbonyl (C=O) groups excluding carboxylic acids is 1. The van der Waals surface area contributed by atoms with Gasteiger partial charge in [-0.25, -0.2) is 9.97 Å². The van der Waals surface area contributed by atoms with Gasteiger partial charge in [0.25, 0.3) is 0 Å². The standard InChI is InChI=1S/C19H17ClN4OS/c20-14-6-2-4-8-16(14)22-18-13-5-1-3-7-15(13)23-19(24-18)26-11-17(25)21-12-9-10-12/h1-8,12H,9-11H2,(H,21,25)(H,22,23,24). The molecule has 1 saturated carbocycles. The lowest BCUT2D eigenvalue weighted by atomic mass is 10.2. The molecule has 2 aromatic carbocycles. The molecule has 0 radical (unpaired) electrons. The number of thioether (sulfide) groups is 1. The largest absolute Gasteiger partial charge is 0.353 e. The number of carbonyl (C=O) groups is 1. The van der Waals surface area contributed by atoms with E-state index in [1.54, 1.807) is 0 Å². The Morgan fingerprint density at radius 1 is 1.12 bits per heavy atom. The number of amides is 1. The van der Waals surface area contributed by atoms with Gasteiger partial charge in [0, 0.05) is 11.4 Å².